The summed E-state index contributed by atoms with van der Waals surface area (Å²) in [6.07, 6.45) is 0.103. The van der Waals surface area contributed by atoms with Crippen LogP contribution in [0.25, 0.3) is 11.0 Å². The van der Waals surface area contributed by atoms with Crippen LogP contribution in [0.1, 0.15) is 30.7 Å². The molecule has 0 bridgehead atoms. The lowest BCUT2D eigenvalue weighted by molar-refractivity contribution is -0.137. The number of para-hydroxylation sites is 1. The van der Waals surface area contributed by atoms with Crippen LogP contribution in [0.3, 0.4) is 0 Å². The fourth-order valence-corrected chi connectivity index (χ4v) is 3.13. The molecule has 2 aromatic carbocycles. The van der Waals surface area contributed by atoms with Gasteiger partial charge < -0.3 is 14.1 Å². The van der Waals surface area contributed by atoms with Gasteiger partial charge in [0.1, 0.15) is 17.1 Å². The number of hydrogen-bond donors (Lipinski definition) is 0. The zero-order valence-corrected chi connectivity index (χ0v) is 15.7. The molecule has 1 unspecified atom stereocenters. The summed E-state index contributed by atoms with van der Waals surface area (Å²) < 4.78 is 11.6. The van der Waals surface area contributed by atoms with Crippen molar-refractivity contribution in [2.24, 2.45) is 0 Å². The van der Waals surface area contributed by atoms with Gasteiger partial charge in [0.15, 0.2) is 6.10 Å². The summed E-state index contributed by atoms with van der Waals surface area (Å²) in [5.74, 6) is 1.27. The third kappa shape index (κ3) is 3.95. The number of furan rings is 1. The lowest BCUT2D eigenvalue weighted by Gasteiger charge is -2.22. The summed E-state index contributed by atoms with van der Waals surface area (Å²) >= 11 is 0. The Hall–Kier alpha value is -3.26. The van der Waals surface area contributed by atoms with Crippen LogP contribution in [0.5, 0.6) is 5.75 Å². The highest BCUT2D eigenvalue weighted by atomic mass is 16.5. The third-order valence-electron chi connectivity index (χ3n) is 4.50. The third-order valence-corrected chi connectivity index (χ3v) is 4.50. The Balaban J connectivity index is 1.75. The van der Waals surface area contributed by atoms with Gasteiger partial charge in [-0.2, -0.15) is 5.26 Å². The largest absolute Gasteiger partial charge is 0.481 e. The van der Waals surface area contributed by atoms with E-state index in [0.29, 0.717) is 17.9 Å². The number of carbonyl (C=O) groups is 1. The zero-order valence-electron chi connectivity index (χ0n) is 15.7. The van der Waals surface area contributed by atoms with Crippen LogP contribution in [-0.2, 0) is 17.8 Å². The van der Waals surface area contributed by atoms with Crippen LogP contribution in [-0.4, -0.2) is 24.0 Å². The Bertz CT molecular complexity index is 1000. The van der Waals surface area contributed by atoms with Crippen molar-refractivity contribution in [1.29, 1.82) is 5.26 Å². The van der Waals surface area contributed by atoms with Gasteiger partial charge in [-0.1, -0.05) is 31.2 Å². The molecule has 0 spiro atoms. The molecular weight excluding hydrogens is 340 g/mol. The average Bonchev–Trinajstić information content (AvgIpc) is 3.05. The molecule has 1 aromatic heterocycles. The maximum Gasteiger partial charge on any atom is 0.263 e. The average molecular weight is 362 g/mol. The Kier molecular flexibility index (Phi) is 5.46. The summed E-state index contributed by atoms with van der Waals surface area (Å²) in [7, 11) is 1.76. The maximum atomic E-state index is 12.8. The lowest BCUT2D eigenvalue weighted by Crippen LogP contribution is -2.37. The molecule has 3 aromatic rings. The van der Waals surface area contributed by atoms with Crippen LogP contribution >= 0.6 is 0 Å². The van der Waals surface area contributed by atoms with Crippen LogP contribution in [0.15, 0.2) is 52.9 Å². The Morgan fingerprint density at radius 1 is 1.26 bits per heavy atom. The summed E-state index contributed by atoms with van der Waals surface area (Å²) in [6, 6.07) is 16.7. The van der Waals surface area contributed by atoms with Gasteiger partial charge in [0.05, 0.1) is 11.6 Å². The van der Waals surface area contributed by atoms with Crippen molar-refractivity contribution < 1.29 is 13.9 Å². The molecular formula is C22H22N2O3. The molecule has 138 valence electrons. The SMILES string of the molecule is CCc1oc2ccccc2c1CN(C)C(=O)C(C)Oc1cccc(C#N)c1. The number of nitrogens with zero attached hydrogens (tertiary/aromatic N) is 2. The Labute approximate surface area is 158 Å². The van der Waals surface area contributed by atoms with Gasteiger partial charge in [0.2, 0.25) is 0 Å². The molecule has 5 heteroatoms. The van der Waals surface area contributed by atoms with E-state index in [9.17, 15) is 4.79 Å². The highest BCUT2D eigenvalue weighted by Crippen LogP contribution is 2.27. The predicted octanol–water partition coefficient (Wildman–Crippen LogP) is 4.29. The van der Waals surface area contributed by atoms with Gasteiger partial charge in [0, 0.05) is 31.0 Å². The fourth-order valence-electron chi connectivity index (χ4n) is 3.13. The van der Waals surface area contributed by atoms with E-state index in [1.54, 1.807) is 43.1 Å². The molecule has 0 saturated heterocycles. The second-order valence-electron chi connectivity index (χ2n) is 6.45. The van der Waals surface area contributed by atoms with E-state index in [-0.39, 0.29) is 5.91 Å². The number of aryl methyl sites for hydroxylation is 1. The van der Waals surface area contributed by atoms with Crippen molar-refractivity contribution in [3.8, 4) is 11.8 Å². The number of amides is 1. The van der Waals surface area contributed by atoms with Crippen molar-refractivity contribution in [3.05, 3.63) is 65.4 Å². The summed E-state index contributed by atoms with van der Waals surface area (Å²) in [5, 5.41) is 10.0. The minimum atomic E-state index is -0.660. The first-order valence-corrected chi connectivity index (χ1v) is 8.94. The van der Waals surface area contributed by atoms with E-state index in [1.807, 2.05) is 31.2 Å². The first kappa shape index (κ1) is 18.5. The molecule has 27 heavy (non-hydrogen) atoms. The number of nitriles is 1. The van der Waals surface area contributed by atoms with Crippen LogP contribution < -0.4 is 4.74 Å². The van der Waals surface area contributed by atoms with Gasteiger partial charge in [-0.05, 0) is 31.2 Å². The lowest BCUT2D eigenvalue weighted by atomic mass is 10.1. The minimum Gasteiger partial charge on any atom is -0.481 e. The highest BCUT2D eigenvalue weighted by molar-refractivity contribution is 5.84. The first-order valence-electron chi connectivity index (χ1n) is 8.94. The van der Waals surface area contributed by atoms with Gasteiger partial charge in [0.25, 0.3) is 5.91 Å². The summed E-state index contributed by atoms with van der Waals surface area (Å²) in [6.45, 7) is 4.20. The Morgan fingerprint density at radius 2 is 2.04 bits per heavy atom. The van der Waals surface area contributed by atoms with Crippen molar-refractivity contribution in [2.45, 2.75) is 32.9 Å². The zero-order chi connectivity index (χ0) is 19.4. The number of likely N-dealkylation sites (N-methyl/N-ethyl adjacent to an activating group) is 1. The second-order valence-corrected chi connectivity index (χ2v) is 6.45. The fraction of sp³-hybridized carbons (Fsp3) is 0.273. The van der Waals surface area contributed by atoms with Crippen molar-refractivity contribution in [2.75, 3.05) is 7.05 Å². The van der Waals surface area contributed by atoms with Crippen LogP contribution in [0.4, 0.5) is 0 Å². The van der Waals surface area contributed by atoms with E-state index < -0.39 is 6.10 Å². The smallest absolute Gasteiger partial charge is 0.263 e. The van der Waals surface area contributed by atoms with E-state index >= 15 is 0 Å². The standard InChI is InChI=1S/C22H22N2O3/c1-4-20-19(18-10-5-6-11-21(18)27-20)14-24(3)22(25)15(2)26-17-9-7-8-16(12-17)13-23/h5-12,15H,4,14H2,1-3H3. The van der Waals surface area contributed by atoms with E-state index in [2.05, 4.69) is 6.07 Å². The first-order chi connectivity index (χ1) is 13.0. The topological polar surface area (TPSA) is 66.5 Å². The number of fused-ring (bicyclic) bond motifs is 1. The van der Waals surface area contributed by atoms with Gasteiger partial charge >= 0.3 is 0 Å². The molecule has 5 nitrogen and oxygen atoms in total. The molecule has 0 aliphatic rings. The molecule has 1 atom stereocenters. The molecule has 3 rings (SSSR count). The number of rotatable bonds is 6. The van der Waals surface area contributed by atoms with Gasteiger partial charge in [-0.3, -0.25) is 4.79 Å². The summed E-state index contributed by atoms with van der Waals surface area (Å²) in [4.78, 5) is 14.4. The maximum absolute atomic E-state index is 12.8. The van der Waals surface area contributed by atoms with Crippen molar-refractivity contribution in [1.82, 2.24) is 4.90 Å². The number of benzene rings is 2. The molecule has 0 fully saturated rings. The molecule has 0 saturated carbocycles. The normalized spacial score (nSPS) is 11.8. The van der Waals surface area contributed by atoms with E-state index in [1.165, 1.54) is 0 Å². The number of hydrogen-bond acceptors (Lipinski definition) is 4. The Morgan fingerprint density at radius 3 is 2.78 bits per heavy atom. The number of carbonyl (C=O) groups excluding carboxylic acids is 1. The predicted molar refractivity (Wildman–Crippen MR) is 103 cm³/mol. The van der Waals surface area contributed by atoms with E-state index in [4.69, 9.17) is 14.4 Å². The van der Waals surface area contributed by atoms with Gasteiger partial charge in [-0.25, -0.2) is 0 Å². The monoisotopic (exact) mass is 362 g/mol. The molecule has 0 aliphatic heterocycles. The van der Waals surface area contributed by atoms with Crippen molar-refractivity contribution in [3.63, 3.8) is 0 Å². The van der Waals surface area contributed by atoms with Crippen LogP contribution in [0, 0.1) is 11.3 Å². The second kappa shape index (κ2) is 7.96. The van der Waals surface area contributed by atoms with Gasteiger partial charge in [-0.15, -0.1) is 0 Å². The quantitative estimate of drug-likeness (QED) is 0.656. The molecule has 1 amide bonds. The molecule has 0 radical (unpaired) electrons. The summed E-state index contributed by atoms with van der Waals surface area (Å²) in [5.41, 5.74) is 2.36. The molecule has 0 N–H and O–H groups in total. The molecule has 0 aliphatic carbocycles. The van der Waals surface area contributed by atoms with E-state index in [0.717, 1.165) is 28.7 Å². The number of ether oxygens (including phenoxy) is 1. The molecule has 1 heterocycles. The minimum absolute atomic E-state index is 0.135. The van der Waals surface area contributed by atoms with Crippen LogP contribution in [0.2, 0.25) is 0 Å². The van der Waals surface area contributed by atoms with Crippen molar-refractivity contribution >= 4 is 16.9 Å². The highest BCUT2D eigenvalue weighted by Gasteiger charge is 2.22.